The Kier molecular flexibility index (Phi) is 6.05. The Morgan fingerprint density at radius 3 is 2.40 bits per heavy atom. The van der Waals surface area contributed by atoms with E-state index in [-0.39, 0.29) is 42.5 Å². The SMILES string of the molecule is COc1ccccc1N1C[C@H](C(=O)Oc2ccc(N3C(=O)[C@H]4C[C@H](C)CC[C@H]4C3=O)cc2)CC1=O. The molecule has 4 atom stereocenters. The van der Waals surface area contributed by atoms with Gasteiger partial charge in [-0.1, -0.05) is 19.1 Å². The summed E-state index contributed by atoms with van der Waals surface area (Å²) < 4.78 is 10.9. The van der Waals surface area contributed by atoms with Crippen molar-refractivity contribution in [3.63, 3.8) is 0 Å². The summed E-state index contributed by atoms with van der Waals surface area (Å²) in [6, 6.07) is 13.6. The lowest BCUT2D eigenvalue weighted by atomic mass is 9.76. The van der Waals surface area contributed by atoms with Gasteiger partial charge in [-0.05, 0) is 61.6 Å². The molecule has 0 N–H and O–H groups in total. The van der Waals surface area contributed by atoms with Crippen LogP contribution in [-0.4, -0.2) is 37.3 Å². The Balaban J connectivity index is 1.25. The zero-order valence-corrected chi connectivity index (χ0v) is 19.8. The fraction of sp³-hybridized carbons (Fsp3) is 0.407. The van der Waals surface area contributed by atoms with Gasteiger partial charge in [0.1, 0.15) is 11.5 Å². The maximum Gasteiger partial charge on any atom is 0.316 e. The molecule has 5 rings (SSSR count). The number of hydrogen-bond donors (Lipinski definition) is 0. The van der Waals surface area contributed by atoms with Crippen molar-refractivity contribution in [1.29, 1.82) is 0 Å². The molecule has 1 aliphatic carbocycles. The normalized spacial score (nSPS) is 26.2. The summed E-state index contributed by atoms with van der Waals surface area (Å²) in [4.78, 5) is 54.0. The van der Waals surface area contributed by atoms with Crippen LogP contribution in [0.3, 0.4) is 0 Å². The minimum absolute atomic E-state index is 0.0486. The molecule has 3 aliphatic rings. The molecule has 3 amide bonds. The molecular weight excluding hydrogens is 448 g/mol. The highest BCUT2D eigenvalue weighted by Crippen LogP contribution is 2.42. The molecule has 0 aromatic heterocycles. The number of rotatable bonds is 5. The van der Waals surface area contributed by atoms with Gasteiger partial charge in [-0.25, -0.2) is 0 Å². The number of amides is 3. The highest BCUT2D eigenvalue weighted by atomic mass is 16.5. The van der Waals surface area contributed by atoms with Crippen LogP contribution in [0.5, 0.6) is 11.5 Å². The average Bonchev–Trinajstić information content (AvgIpc) is 3.36. The maximum atomic E-state index is 12.9. The van der Waals surface area contributed by atoms with Gasteiger partial charge < -0.3 is 14.4 Å². The van der Waals surface area contributed by atoms with Gasteiger partial charge in [-0.2, -0.15) is 0 Å². The molecule has 8 nitrogen and oxygen atoms in total. The Bertz CT molecular complexity index is 1180. The highest BCUT2D eigenvalue weighted by Gasteiger charge is 2.50. The minimum atomic E-state index is -0.612. The minimum Gasteiger partial charge on any atom is -0.495 e. The number of nitrogens with zero attached hydrogens (tertiary/aromatic N) is 2. The first-order valence-electron chi connectivity index (χ1n) is 12.0. The van der Waals surface area contributed by atoms with E-state index in [0.29, 0.717) is 28.8 Å². The summed E-state index contributed by atoms with van der Waals surface area (Å²) >= 11 is 0. The lowest BCUT2D eigenvalue weighted by Gasteiger charge is -2.25. The zero-order chi connectivity index (χ0) is 24.7. The fourth-order valence-electron chi connectivity index (χ4n) is 5.46. The zero-order valence-electron chi connectivity index (χ0n) is 19.8. The van der Waals surface area contributed by atoms with Crippen LogP contribution in [0.4, 0.5) is 11.4 Å². The second-order valence-electron chi connectivity index (χ2n) is 9.64. The fourth-order valence-corrected chi connectivity index (χ4v) is 5.46. The molecule has 182 valence electrons. The van der Waals surface area contributed by atoms with Gasteiger partial charge in [-0.3, -0.25) is 24.1 Å². The van der Waals surface area contributed by atoms with Crippen LogP contribution >= 0.6 is 0 Å². The summed E-state index contributed by atoms with van der Waals surface area (Å²) in [6.45, 7) is 2.32. The first-order valence-corrected chi connectivity index (χ1v) is 12.0. The van der Waals surface area contributed by atoms with E-state index in [1.54, 1.807) is 41.3 Å². The Morgan fingerprint density at radius 2 is 1.66 bits per heavy atom. The quantitative estimate of drug-likeness (QED) is 0.372. The van der Waals surface area contributed by atoms with Crippen molar-refractivity contribution in [3.05, 3.63) is 48.5 Å². The molecule has 2 aliphatic heterocycles. The van der Waals surface area contributed by atoms with Crippen molar-refractivity contribution in [1.82, 2.24) is 0 Å². The molecule has 0 radical (unpaired) electrons. The van der Waals surface area contributed by atoms with E-state index in [0.717, 1.165) is 19.3 Å². The Labute approximate surface area is 203 Å². The third kappa shape index (κ3) is 4.17. The van der Waals surface area contributed by atoms with Crippen LogP contribution in [0.1, 0.15) is 32.6 Å². The lowest BCUT2D eigenvalue weighted by molar-refractivity contribution is -0.139. The summed E-state index contributed by atoms with van der Waals surface area (Å²) in [5.74, 6) is -0.745. The predicted molar refractivity (Wildman–Crippen MR) is 128 cm³/mol. The van der Waals surface area contributed by atoms with E-state index >= 15 is 0 Å². The number of hydrogen-bond acceptors (Lipinski definition) is 6. The van der Waals surface area contributed by atoms with Crippen molar-refractivity contribution in [2.75, 3.05) is 23.5 Å². The van der Waals surface area contributed by atoms with Crippen molar-refractivity contribution < 1.29 is 28.7 Å². The molecule has 3 fully saturated rings. The van der Waals surface area contributed by atoms with Gasteiger partial charge in [0.25, 0.3) is 0 Å². The molecule has 2 aromatic carbocycles. The van der Waals surface area contributed by atoms with Gasteiger partial charge in [0, 0.05) is 13.0 Å². The summed E-state index contributed by atoms with van der Waals surface area (Å²) in [5, 5.41) is 0. The van der Waals surface area contributed by atoms with Crippen LogP contribution in [0.15, 0.2) is 48.5 Å². The van der Waals surface area contributed by atoms with Crippen LogP contribution in [-0.2, 0) is 19.2 Å². The largest absolute Gasteiger partial charge is 0.495 e. The number of fused-ring (bicyclic) bond motifs is 1. The van der Waals surface area contributed by atoms with E-state index in [2.05, 4.69) is 6.92 Å². The first kappa shape index (κ1) is 23.1. The molecule has 2 heterocycles. The number of ether oxygens (including phenoxy) is 2. The third-order valence-electron chi connectivity index (χ3n) is 7.34. The molecule has 2 aromatic rings. The van der Waals surface area contributed by atoms with Crippen LogP contribution in [0.25, 0.3) is 0 Å². The summed E-state index contributed by atoms with van der Waals surface area (Å²) in [6.07, 6.45) is 2.50. The first-order chi connectivity index (χ1) is 16.9. The summed E-state index contributed by atoms with van der Waals surface area (Å²) in [7, 11) is 1.53. The second-order valence-corrected chi connectivity index (χ2v) is 9.64. The van der Waals surface area contributed by atoms with Gasteiger partial charge >= 0.3 is 5.97 Å². The Hall–Kier alpha value is -3.68. The monoisotopic (exact) mass is 476 g/mol. The second kappa shape index (κ2) is 9.17. The van der Waals surface area contributed by atoms with E-state index < -0.39 is 11.9 Å². The topological polar surface area (TPSA) is 93.2 Å². The molecule has 1 saturated carbocycles. The van der Waals surface area contributed by atoms with Gasteiger partial charge in [0.15, 0.2) is 0 Å². The number of para-hydroxylation sites is 2. The van der Waals surface area contributed by atoms with E-state index in [9.17, 15) is 19.2 Å². The van der Waals surface area contributed by atoms with Crippen LogP contribution < -0.4 is 19.3 Å². The molecular formula is C27H28N2O6. The van der Waals surface area contributed by atoms with Crippen molar-refractivity contribution >= 4 is 35.1 Å². The number of anilines is 2. The third-order valence-corrected chi connectivity index (χ3v) is 7.34. The number of methoxy groups -OCH3 is 1. The van der Waals surface area contributed by atoms with E-state index in [4.69, 9.17) is 9.47 Å². The summed E-state index contributed by atoms with van der Waals surface area (Å²) in [5.41, 5.74) is 1.11. The van der Waals surface area contributed by atoms with Gasteiger partial charge in [-0.15, -0.1) is 0 Å². The molecule has 0 spiro atoms. The number of carbonyl (C=O) groups excluding carboxylic acids is 4. The molecule has 2 saturated heterocycles. The lowest BCUT2D eigenvalue weighted by Crippen LogP contribution is -2.30. The smallest absolute Gasteiger partial charge is 0.316 e. The number of carbonyl (C=O) groups is 4. The molecule has 35 heavy (non-hydrogen) atoms. The molecule has 0 bridgehead atoms. The van der Waals surface area contributed by atoms with Crippen LogP contribution in [0.2, 0.25) is 0 Å². The number of imide groups is 1. The van der Waals surface area contributed by atoms with Crippen molar-refractivity contribution in [3.8, 4) is 11.5 Å². The number of benzene rings is 2. The van der Waals surface area contributed by atoms with E-state index in [1.807, 2.05) is 12.1 Å². The average molecular weight is 477 g/mol. The number of esters is 1. The standard InChI is InChI=1S/C27H28N2O6/c1-16-7-12-20-21(13-16)26(32)29(25(20)31)18-8-10-19(11-9-18)35-27(33)17-14-24(30)28(15-17)22-5-3-4-6-23(22)34-2/h3-6,8-11,16-17,20-21H,7,12-15H2,1-2H3/t16-,17-,20-,21+/m1/s1. The highest BCUT2D eigenvalue weighted by molar-refractivity contribution is 6.22. The maximum absolute atomic E-state index is 12.9. The molecule has 8 heteroatoms. The van der Waals surface area contributed by atoms with E-state index in [1.165, 1.54) is 12.0 Å². The van der Waals surface area contributed by atoms with Crippen LogP contribution in [0, 0.1) is 23.7 Å². The van der Waals surface area contributed by atoms with Crippen molar-refractivity contribution in [2.45, 2.75) is 32.6 Å². The van der Waals surface area contributed by atoms with Gasteiger partial charge in [0.2, 0.25) is 17.7 Å². The predicted octanol–water partition coefficient (Wildman–Crippen LogP) is 3.58. The van der Waals surface area contributed by atoms with Crippen molar-refractivity contribution in [2.24, 2.45) is 23.7 Å². The molecule has 0 unspecified atom stereocenters. The Morgan fingerprint density at radius 1 is 0.943 bits per heavy atom. The van der Waals surface area contributed by atoms with Gasteiger partial charge in [0.05, 0.1) is 36.2 Å².